The predicted octanol–water partition coefficient (Wildman–Crippen LogP) is 1.45. The van der Waals surface area contributed by atoms with Crippen molar-refractivity contribution in [2.24, 2.45) is 0 Å². The lowest BCUT2D eigenvalue weighted by molar-refractivity contribution is 0.0936. The number of amides is 1. The molecule has 8 heteroatoms. The van der Waals surface area contributed by atoms with Crippen LogP contribution in [0.5, 0.6) is 0 Å². The average molecular weight is 330 g/mol. The van der Waals surface area contributed by atoms with E-state index in [2.05, 4.69) is 10.4 Å². The molecule has 2 N–H and O–H groups in total. The monoisotopic (exact) mass is 329 g/mol. The second-order valence-corrected chi connectivity index (χ2v) is 5.07. The molecule has 0 fully saturated rings. The number of aromatic nitrogens is 2. The maximum absolute atomic E-state index is 12.4. The van der Waals surface area contributed by atoms with Gasteiger partial charge in [-0.3, -0.25) is 14.3 Å². The lowest BCUT2D eigenvalue weighted by atomic mass is 10.2. The number of rotatable bonds is 4. The maximum Gasteiger partial charge on any atom is 0.275 e. The first-order valence-corrected chi connectivity index (χ1v) is 7.04. The Kier molecular flexibility index (Phi) is 4.82. The van der Waals surface area contributed by atoms with Gasteiger partial charge in [-0.2, -0.15) is 5.10 Å². The summed E-state index contributed by atoms with van der Waals surface area (Å²) in [6, 6.07) is 2.98. The fourth-order valence-electron chi connectivity index (χ4n) is 1.92. The van der Waals surface area contributed by atoms with Crippen LogP contribution in [-0.2, 0) is 6.54 Å². The van der Waals surface area contributed by atoms with Crippen LogP contribution in [0.1, 0.15) is 17.4 Å². The van der Waals surface area contributed by atoms with Gasteiger partial charge in [0.25, 0.3) is 5.91 Å². The summed E-state index contributed by atoms with van der Waals surface area (Å²) in [7, 11) is 0. The minimum Gasteiger partial charge on any atom is -0.395 e. The molecular formula is C13H13Cl2N3O3. The lowest BCUT2D eigenvalue weighted by Gasteiger charge is -2.11. The van der Waals surface area contributed by atoms with Gasteiger partial charge in [-0.25, -0.2) is 0 Å². The number of carbonyl (C=O) groups is 1. The van der Waals surface area contributed by atoms with Crippen molar-refractivity contribution in [1.82, 2.24) is 15.1 Å². The first-order chi connectivity index (χ1) is 9.99. The molecule has 0 atom stereocenters. The van der Waals surface area contributed by atoms with Crippen molar-refractivity contribution >= 4 is 40.0 Å². The molecule has 0 radical (unpaired) electrons. The zero-order valence-electron chi connectivity index (χ0n) is 11.2. The van der Waals surface area contributed by atoms with Gasteiger partial charge < -0.3 is 10.4 Å². The summed E-state index contributed by atoms with van der Waals surface area (Å²) in [6.07, 6.45) is 0. The lowest BCUT2D eigenvalue weighted by Crippen LogP contribution is -2.33. The highest BCUT2D eigenvalue weighted by Crippen LogP contribution is 2.26. The highest BCUT2D eigenvalue weighted by atomic mass is 35.5. The van der Waals surface area contributed by atoms with Gasteiger partial charge in [-0.05, 0) is 19.1 Å². The van der Waals surface area contributed by atoms with Gasteiger partial charge in [0, 0.05) is 13.1 Å². The number of fused-ring (bicyclic) bond motifs is 1. The van der Waals surface area contributed by atoms with Crippen LogP contribution in [0.25, 0.3) is 10.9 Å². The number of nitrogens with one attached hydrogen (secondary N) is 1. The smallest absolute Gasteiger partial charge is 0.275 e. The molecule has 0 aliphatic carbocycles. The van der Waals surface area contributed by atoms with Crippen LogP contribution < -0.4 is 10.7 Å². The quantitative estimate of drug-likeness (QED) is 0.889. The van der Waals surface area contributed by atoms with E-state index in [-0.39, 0.29) is 29.3 Å². The van der Waals surface area contributed by atoms with Crippen molar-refractivity contribution in [3.8, 4) is 0 Å². The van der Waals surface area contributed by atoms with Crippen molar-refractivity contribution in [2.45, 2.75) is 13.5 Å². The molecule has 2 rings (SSSR count). The molecule has 0 aliphatic rings. The van der Waals surface area contributed by atoms with E-state index < -0.39 is 11.3 Å². The van der Waals surface area contributed by atoms with Crippen molar-refractivity contribution < 1.29 is 9.90 Å². The first kappa shape index (κ1) is 15.8. The van der Waals surface area contributed by atoms with Gasteiger partial charge in [0.15, 0.2) is 5.69 Å². The Balaban J connectivity index is 2.69. The Hall–Kier alpha value is -1.63. The van der Waals surface area contributed by atoms with E-state index >= 15 is 0 Å². The zero-order chi connectivity index (χ0) is 15.6. The largest absolute Gasteiger partial charge is 0.395 e. The number of aliphatic hydroxyl groups excluding tert-OH is 1. The van der Waals surface area contributed by atoms with Crippen molar-refractivity contribution in [2.75, 3.05) is 13.2 Å². The Bertz CT molecular complexity index is 758. The number of aryl methyl sites for hydroxylation is 1. The topological polar surface area (TPSA) is 84.2 Å². The highest BCUT2D eigenvalue weighted by molar-refractivity contribution is 6.42. The molecule has 0 bridgehead atoms. The maximum atomic E-state index is 12.4. The highest BCUT2D eigenvalue weighted by Gasteiger charge is 2.17. The van der Waals surface area contributed by atoms with Crippen LogP contribution in [0, 0.1) is 0 Å². The van der Waals surface area contributed by atoms with Crippen molar-refractivity contribution in [3.63, 3.8) is 0 Å². The normalized spacial score (nSPS) is 10.9. The molecule has 1 heterocycles. The molecule has 21 heavy (non-hydrogen) atoms. The third-order valence-electron chi connectivity index (χ3n) is 2.91. The number of hydrogen-bond donors (Lipinski definition) is 2. The van der Waals surface area contributed by atoms with Crippen LogP contribution in [-0.4, -0.2) is 33.9 Å². The summed E-state index contributed by atoms with van der Waals surface area (Å²) in [6.45, 7) is 2.11. The fraction of sp³-hybridized carbons (Fsp3) is 0.308. The molecule has 2 aromatic rings. The number of hydrogen-bond acceptors (Lipinski definition) is 4. The summed E-state index contributed by atoms with van der Waals surface area (Å²) >= 11 is 11.9. The Morgan fingerprint density at radius 1 is 1.38 bits per heavy atom. The standard InChI is InChI=1S/C13H13Cl2N3O3/c1-2-18-10-6-9(15)8(14)5-7(10)12(20)11(17-18)13(21)16-3-4-19/h5-6,19H,2-4H2,1H3,(H,16,21). The molecule has 112 valence electrons. The zero-order valence-corrected chi connectivity index (χ0v) is 12.7. The molecule has 0 unspecified atom stereocenters. The van der Waals surface area contributed by atoms with Crippen molar-refractivity contribution in [1.29, 1.82) is 0 Å². The van der Waals surface area contributed by atoms with Crippen LogP contribution in [0.3, 0.4) is 0 Å². The molecule has 0 saturated carbocycles. The van der Waals surface area contributed by atoms with Gasteiger partial charge >= 0.3 is 0 Å². The number of halogens is 2. The SMILES string of the molecule is CCn1nc(C(=O)NCCO)c(=O)c2cc(Cl)c(Cl)cc21. The van der Waals surface area contributed by atoms with E-state index in [0.717, 1.165) is 0 Å². The predicted molar refractivity (Wildman–Crippen MR) is 81.1 cm³/mol. The van der Waals surface area contributed by atoms with Gasteiger partial charge in [0.1, 0.15) is 0 Å². The number of benzene rings is 1. The first-order valence-electron chi connectivity index (χ1n) is 6.28. The summed E-state index contributed by atoms with van der Waals surface area (Å²) in [4.78, 5) is 24.3. The Morgan fingerprint density at radius 2 is 2.05 bits per heavy atom. The second kappa shape index (κ2) is 6.43. The summed E-state index contributed by atoms with van der Waals surface area (Å²) in [5.74, 6) is -0.635. The molecule has 1 amide bonds. The molecular weight excluding hydrogens is 317 g/mol. The van der Waals surface area contributed by atoms with Crippen molar-refractivity contribution in [3.05, 3.63) is 38.1 Å². The van der Waals surface area contributed by atoms with E-state index in [1.165, 1.54) is 10.7 Å². The Morgan fingerprint density at radius 3 is 2.67 bits per heavy atom. The van der Waals surface area contributed by atoms with E-state index in [0.29, 0.717) is 17.1 Å². The second-order valence-electron chi connectivity index (χ2n) is 4.26. The molecule has 0 aliphatic heterocycles. The van der Waals surface area contributed by atoms with Gasteiger partial charge in [-0.1, -0.05) is 23.2 Å². The van der Waals surface area contributed by atoms with Crippen LogP contribution in [0.4, 0.5) is 0 Å². The van der Waals surface area contributed by atoms with Crippen LogP contribution in [0.2, 0.25) is 10.0 Å². The van der Waals surface area contributed by atoms with E-state index in [1.807, 2.05) is 6.92 Å². The van der Waals surface area contributed by atoms with Crippen LogP contribution in [0.15, 0.2) is 16.9 Å². The number of carbonyl (C=O) groups excluding carboxylic acids is 1. The summed E-state index contributed by atoms with van der Waals surface area (Å²) < 4.78 is 1.51. The third-order valence-corrected chi connectivity index (χ3v) is 3.63. The van der Waals surface area contributed by atoms with Gasteiger partial charge in [-0.15, -0.1) is 0 Å². The molecule has 6 nitrogen and oxygen atoms in total. The Labute approximate surface area is 130 Å². The number of aliphatic hydroxyl groups is 1. The van der Waals surface area contributed by atoms with Gasteiger partial charge in [0.05, 0.1) is 27.6 Å². The molecule has 1 aromatic heterocycles. The minimum atomic E-state index is -0.635. The molecule has 0 spiro atoms. The van der Waals surface area contributed by atoms with Crippen LogP contribution >= 0.6 is 23.2 Å². The van der Waals surface area contributed by atoms with E-state index in [1.54, 1.807) is 6.07 Å². The average Bonchev–Trinajstić information content (AvgIpc) is 2.47. The minimum absolute atomic E-state index is 0.0471. The van der Waals surface area contributed by atoms with Gasteiger partial charge in [0.2, 0.25) is 5.43 Å². The van der Waals surface area contributed by atoms with E-state index in [9.17, 15) is 9.59 Å². The summed E-state index contributed by atoms with van der Waals surface area (Å²) in [5.41, 5.74) is -0.254. The molecule has 1 aromatic carbocycles. The van der Waals surface area contributed by atoms with E-state index in [4.69, 9.17) is 28.3 Å². The third kappa shape index (κ3) is 3.02. The fourth-order valence-corrected chi connectivity index (χ4v) is 2.24. The summed E-state index contributed by atoms with van der Waals surface area (Å²) in [5, 5.41) is 16.0. The number of nitrogens with zero attached hydrogens (tertiary/aromatic N) is 2. The molecule has 0 saturated heterocycles.